The topological polar surface area (TPSA) is 68.3 Å². The fraction of sp³-hybridized carbons (Fsp3) is 0.0952. The summed E-state index contributed by atoms with van der Waals surface area (Å²) in [5.41, 5.74) is 2.01. The van der Waals surface area contributed by atoms with Gasteiger partial charge in [-0.15, -0.1) is 0 Å². The number of carbonyl (C=O) groups is 2. The van der Waals surface area contributed by atoms with Crippen LogP contribution in [0.2, 0.25) is 0 Å². The number of hydrogen-bond donors (Lipinski definition) is 1. The molecule has 0 fully saturated rings. The van der Waals surface area contributed by atoms with Gasteiger partial charge in [0.1, 0.15) is 0 Å². The standard InChI is InChI=1S/C21H18N2O3/c1-26-21-16(10-7-13-22-21)14-23-20(25)18-12-6-5-11-17(18)19(24)15-8-3-2-4-9-15/h2-13H,14H2,1H3,(H,23,25). The molecular weight excluding hydrogens is 328 g/mol. The molecule has 3 aromatic rings. The minimum absolute atomic E-state index is 0.185. The van der Waals surface area contributed by atoms with Crippen molar-refractivity contribution in [1.82, 2.24) is 10.3 Å². The van der Waals surface area contributed by atoms with Crippen molar-refractivity contribution < 1.29 is 14.3 Å². The molecule has 26 heavy (non-hydrogen) atoms. The lowest BCUT2D eigenvalue weighted by atomic mass is 9.98. The van der Waals surface area contributed by atoms with Crippen molar-refractivity contribution in [2.45, 2.75) is 6.54 Å². The van der Waals surface area contributed by atoms with Gasteiger partial charge in [-0.3, -0.25) is 9.59 Å². The van der Waals surface area contributed by atoms with Crippen molar-refractivity contribution in [3.8, 4) is 5.88 Å². The van der Waals surface area contributed by atoms with E-state index in [9.17, 15) is 9.59 Å². The summed E-state index contributed by atoms with van der Waals surface area (Å²) >= 11 is 0. The molecular formula is C21H18N2O3. The molecule has 0 aliphatic rings. The number of nitrogens with zero attached hydrogens (tertiary/aromatic N) is 1. The second-order valence-electron chi connectivity index (χ2n) is 5.60. The highest BCUT2D eigenvalue weighted by Gasteiger charge is 2.18. The smallest absolute Gasteiger partial charge is 0.252 e. The first-order chi connectivity index (χ1) is 12.7. The Morgan fingerprint density at radius 3 is 2.35 bits per heavy atom. The predicted octanol–water partition coefficient (Wildman–Crippen LogP) is 3.25. The number of rotatable bonds is 6. The summed E-state index contributed by atoms with van der Waals surface area (Å²) in [6, 6.07) is 19.3. The van der Waals surface area contributed by atoms with E-state index in [1.807, 2.05) is 12.1 Å². The molecule has 0 atom stereocenters. The molecule has 2 aromatic carbocycles. The van der Waals surface area contributed by atoms with Crippen molar-refractivity contribution in [2.75, 3.05) is 7.11 Å². The summed E-state index contributed by atoms with van der Waals surface area (Å²) in [7, 11) is 1.53. The third-order valence-corrected chi connectivity index (χ3v) is 3.94. The van der Waals surface area contributed by atoms with Crippen molar-refractivity contribution in [3.63, 3.8) is 0 Å². The lowest BCUT2D eigenvalue weighted by Gasteiger charge is -2.11. The Hall–Kier alpha value is -3.47. The molecule has 1 N–H and O–H groups in total. The molecule has 1 heterocycles. The molecule has 0 bridgehead atoms. The van der Waals surface area contributed by atoms with Gasteiger partial charge in [-0.25, -0.2) is 4.98 Å². The van der Waals surface area contributed by atoms with Crippen LogP contribution >= 0.6 is 0 Å². The van der Waals surface area contributed by atoms with Crippen LogP contribution in [-0.2, 0) is 6.54 Å². The van der Waals surface area contributed by atoms with E-state index < -0.39 is 0 Å². The quantitative estimate of drug-likeness (QED) is 0.696. The summed E-state index contributed by atoms with van der Waals surface area (Å²) in [4.78, 5) is 29.5. The number of ketones is 1. The van der Waals surface area contributed by atoms with E-state index in [1.54, 1.807) is 60.8 Å². The highest BCUT2D eigenvalue weighted by atomic mass is 16.5. The third-order valence-electron chi connectivity index (χ3n) is 3.94. The molecule has 1 amide bonds. The molecule has 5 nitrogen and oxygen atoms in total. The average molecular weight is 346 g/mol. The maximum atomic E-state index is 12.7. The van der Waals surface area contributed by atoms with Crippen molar-refractivity contribution in [1.29, 1.82) is 0 Å². The molecule has 0 aliphatic carbocycles. The number of ether oxygens (including phenoxy) is 1. The van der Waals surface area contributed by atoms with Crippen LogP contribution in [0, 0.1) is 0 Å². The number of aromatic nitrogens is 1. The molecule has 0 radical (unpaired) electrons. The number of methoxy groups -OCH3 is 1. The Kier molecular flexibility index (Phi) is 5.39. The molecule has 0 unspecified atom stereocenters. The summed E-state index contributed by atoms with van der Waals surface area (Å²) in [6.07, 6.45) is 1.62. The Morgan fingerprint density at radius 2 is 1.62 bits per heavy atom. The second-order valence-corrected chi connectivity index (χ2v) is 5.60. The first-order valence-corrected chi connectivity index (χ1v) is 8.15. The lowest BCUT2D eigenvalue weighted by molar-refractivity contribution is 0.0939. The van der Waals surface area contributed by atoms with Crippen molar-refractivity contribution in [3.05, 3.63) is 95.2 Å². The number of pyridine rings is 1. The fourth-order valence-electron chi connectivity index (χ4n) is 2.64. The molecule has 1 aromatic heterocycles. The Balaban J connectivity index is 1.81. The van der Waals surface area contributed by atoms with E-state index in [1.165, 1.54) is 7.11 Å². The highest BCUT2D eigenvalue weighted by molar-refractivity contribution is 6.15. The van der Waals surface area contributed by atoms with Gasteiger partial charge < -0.3 is 10.1 Å². The van der Waals surface area contributed by atoms with Crippen molar-refractivity contribution >= 4 is 11.7 Å². The largest absolute Gasteiger partial charge is 0.481 e. The first-order valence-electron chi connectivity index (χ1n) is 8.15. The van der Waals surface area contributed by atoms with Crippen LogP contribution in [-0.4, -0.2) is 23.8 Å². The maximum Gasteiger partial charge on any atom is 0.252 e. The molecule has 130 valence electrons. The van der Waals surface area contributed by atoms with Crippen LogP contribution in [0.5, 0.6) is 5.88 Å². The van der Waals surface area contributed by atoms with Gasteiger partial charge in [0.2, 0.25) is 5.88 Å². The van der Waals surface area contributed by atoms with Gasteiger partial charge in [0.15, 0.2) is 5.78 Å². The van der Waals surface area contributed by atoms with E-state index in [2.05, 4.69) is 10.3 Å². The van der Waals surface area contributed by atoms with Gasteiger partial charge in [-0.2, -0.15) is 0 Å². The summed E-state index contributed by atoms with van der Waals surface area (Å²) in [5, 5.41) is 2.83. The zero-order chi connectivity index (χ0) is 18.4. The fourth-order valence-corrected chi connectivity index (χ4v) is 2.64. The summed E-state index contributed by atoms with van der Waals surface area (Å²) in [6.45, 7) is 0.254. The first kappa shape index (κ1) is 17.4. The zero-order valence-corrected chi connectivity index (χ0v) is 14.3. The monoisotopic (exact) mass is 346 g/mol. The minimum atomic E-state index is -0.323. The molecule has 0 saturated heterocycles. The SMILES string of the molecule is COc1ncccc1CNC(=O)c1ccccc1C(=O)c1ccccc1. The van der Waals surface area contributed by atoms with Gasteiger partial charge in [0.05, 0.1) is 12.7 Å². The summed E-state index contributed by atoms with van der Waals surface area (Å²) < 4.78 is 5.19. The van der Waals surface area contributed by atoms with E-state index >= 15 is 0 Å². The minimum Gasteiger partial charge on any atom is -0.481 e. The van der Waals surface area contributed by atoms with E-state index in [0.29, 0.717) is 22.6 Å². The van der Waals surface area contributed by atoms with Gasteiger partial charge in [0, 0.05) is 29.4 Å². The Morgan fingerprint density at radius 1 is 0.923 bits per heavy atom. The second kappa shape index (κ2) is 8.07. The molecule has 3 rings (SSSR count). The predicted molar refractivity (Wildman–Crippen MR) is 98.3 cm³/mol. The van der Waals surface area contributed by atoms with Gasteiger partial charge in [-0.05, 0) is 12.1 Å². The number of carbonyl (C=O) groups excluding carboxylic acids is 2. The maximum absolute atomic E-state index is 12.7. The summed E-state index contributed by atoms with van der Waals surface area (Å²) in [5.74, 6) is -0.0486. The average Bonchev–Trinajstić information content (AvgIpc) is 2.72. The van der Waals surface area contributed by atoms with Gasteiger partial charge in [-0.1, -0.05) is 54.6 Å². The van der Waals surface area contributed by atoms with Crippen LogP contribution in [0.1, 0.15) is 31.8 Å². The number of amides is 1. The molecule has 5 heteroatoms. The van der Waals surface area contributed by atoms with E-state index in [4.69, 9.17) is 4.74 Å². The number of benzene rings is 2. The third kappa shape index (κ3) is 3.78. The lowest BCUT2D eigenvalue weighted by Crippen LogP contribution is -2.25. The highest BCUT2D eigenvalue weighted by Crippen LogP contribution is 2.16. The van der Waals surface area contributed by atoms with E-state index in [-0.39, 0.29) is 18.2 Å². The van der Waals surface area contributed by atoms with Gasteiger partial charge in [0.25, 0.3) is 5.91 Å². The number of hydrogen-bond acceptors (Lipinski definition) is 4. The van der Waals surface area contributed by atoms with Crippen LogP contribution in [0.3, 0.4) is 0 Å². The molecule has 0 saturated carbocycles. The van der Waals surface area contributed by atoms with Gasteiger partial charge >= 0.3 is 0 Å². The van der Waals surface area contributed by atoms with Crippen molar-refractivity contribution in [2.24, 2.45) is 0 Å². The molecule has 0 aliphatic heterocycles. The van der Waals surface area contributed by atoms with Crippen LogP contribution in [0.15, 0.2) is 72.9 Å². The van der Waals surface area contributed by atoms with Crippen LogP contribution < -0.4 is 10.1 Å². The van der Waals surface area contributed by atoms with E-state index in [0.717, 1.165) is 5.56 Å². The van der Waals surface area contributed by atoms with Crippen LogP contribution in [0.4, 0.5) is 0 Å². The Bertz CT molecular complexity index is 923. The number of nitrogens with one attached hydrogen (secondary N) is 1. The van der Waals surface area contributed by atoms with Crippen LogP contribution in [0.25, 0.3) is 0 Å². The Labute approximate surface area is 151 Å². The molecule has 0 spiro atoms. The zero-order valence-electron chi connectivity index (χ0n) is 14.3. The normalized spacial score (nSPS) is 10.2.